The molecule has 1 fully saturated rings. The Bertz CT molecular complexity index is 550. The molecule has 6 heteroatoms. The Labute approximate surface area is 120 Å². The Morgan fingerprint density at radius 1 is 1.40 bits per heavy atom. The summed E-state index contributed by atoms with van der Waals surface area (Å²) in [6.45, 7) is 3.41. The molecule has 1 saturated carbocycles. The lowest BCUT2D eigenvalue weighted by Gasteiger charge is -2.31. The van der Waals surface area contributed by atoms with Gasteiger partial charge in [-0.25, -0.2) is 13.1 Å². The van der Waals surface area contributed by atoms with E-state index < -0.39 is 10.0 Å². The lowest BCUT2D eigenvalue weighted by Crippen LogP contribution is -2.41. The quantitative estimate of drug-likeness (QED) is 0.874. The van der Waals surface area contributed by atoms with E-state index in [0.29, 0.717) is 11.7 Å². The SMILES string of the molecule is CCC1CCCCC1NS(=O)(=O)c1cc(CO)oc1C. The van der Waals surface area contributed by atoms with E-state index in [1.165, 1.54) is 12.5 Å². The summed E-state index contributed by atoms with van der Waals surface area (Å²) in [5.74, 6) is 1.01. The van der Waals surface area contributed by atoms with Crippen molar-refractivity contribution in [3.63, 3.8) is 0 Å². The fourth-order valence-corrected chi connectivity index (χ4v) is 4.53. The Hall–Kier alpha value is -0.850. The van der Waals surface area contributed by atoms with Crippen LogP contribution < -0.4 is 4.72 Å². The first-order valence-corrected chi connectivity index (χ1v) is 8.68. The summed E-state index contributed by atoms with van der Waals surface area (Å²) >= 11 is 0. The van der Waals surface area contributed by atoms with Gasteiger partial charge in [-0.05, 0) is 25.7 Å². The molecule has 0 aromatic carbocycles. The first-order valence-electron chi connectivity index (χ1n) is 7.20. The molecule has 1 heterocycles. The van der Waals surface area contributed by atoms with Crippen molar-refractivity contribution in [2.75, 3.05) is 0 Å². The van der Waals surface area contributed by atoms with E-state index in [0.717, 1.165) is 25.7 Å². The third kappa shape index (κ3) is 3.24. The van der Waals surface area contributed by atoms with E-state index in [1.54, 1.807) is 6.92 Å². The van der Waals surface area contributed by atoms with Crippen molar-refractivity contribution >= 4 is 10.0 Å². The van der Waals surface area contributed by atoms with E-state index in [9.17, 15) is 8.42 Å². The van der Waals surface area contributed by atoms with Crippen LogP contribution in [-0.4, -0.2) is 19.6 Å². The maximum absolute atomic E-state index is 12.5. The molecule has 0 amide bonds. The molecule has 114 valence electrons. The van der Waals surface area contributed by atoms with Crippen molar-refractivity contribution in [3.05, 3.63) is 17.6 Å². The predicted molar refractivity (Wildman–Crippen MR) is 75.7 cm³/mol. The predicted octanol–water partition coefficient (Wildman–Crippen LogP) is 2.33. The first-order chi connectivity index (χ1) is 9.47. The van der Waals surface area contributed by atoms with Gasteiger partial charge in [-0.15, -0.1) is 0 Å². The van der Waals surface area contributed by atoms with Crippen LogP contribution in [0, 0.1) is 12.8 Å². The molecule has 2 unspecified atom stereocenters. The summed E-state index contributed by atoms with van der Waals surface area (Å²) in [4.78, 5) is 0.141. The van der Waals surface area contributed by atoms with Gasteiger partial charge in [0.2, 0.25) is 10.0 Å². The lowest BCUT2D eigenvalue weighted by molar-refractivity contribution is 0.244. The largest absolute Gasteiger partial charge is 0.462 e. The third-order valence-corrected chi connectivity index (χ3v) is 5.71. The van der Waals surface area contributed by atoms with Gasteiger partial charge in [0.1, 0.15) is 23.0 Å². The first kappa shape index (κ1) is 15.5. The number of furan rings is 1. The molecule has 20 heavy (non-hydrogen) atoms. The van der Waals surface area contributed by atoms with Gasteiger partial charge >= 0.3 is 0 Å². The number of sulfonamides is 1. The van der Waals surface area contributed by atoms with Gasteiger partial charge < -0.3 is 9.52 Å². The Kier molecular flexibility index (Phi) is 4.88. The highest BCUT2D eigenvalue weighted by atomic mass is 32.2. The van der Waals surface area contributed by atoms with E-state index in [-0.39, 0.29) is 23.3 Å². The number of nitrogens with one attached hydrogen (secondary N) is 1. The smallest absolute Gasteiger partial charge is 0.244 e. The highest BCUT2D eigenvalue weighted by Crippen LogP contribution is 2.29. The van der Waals surface area contributed by atoms with Crippen LogP contribution >= 0.6 is 0 Å². The van der Waals surface area contributed by atoms with Crippen LogP contribution in [0.25, 0.3) is 0 Å². The number of aliphatic hydroxyl groups is 1. The molecular weight excluding hydrogens is 278 g/mol. The van der Waals surface area contributed by atoms with E-state index >= 15 is 0 Å². The number of hydrogen-bond donors (Lipinski definition) is 2. The van der Waals surface area contributed by atoms with Gasteiger partial charge in [-0.3, -0.25) is 0 Å². The van der Waals surface area contributed by atoms with E-state index in [4.69, 9.17) is 9.52 Å². The molecule has 1 aromatic heterocycles. The molecule has 0 saturated heterocycles. The Morgan fingerprint density at radius 2 is 2.10 bits per heavy atom. The van der Waals surface area contributed by atoms with Crippen LogP contribution in [0.3, 0.4) is 0 Å². The minimum absolute atomic E-state index is 0.00521. The van der Waals surface area contributed by atoms with Crippen molar-refractivity contribution < 1.29 is 17.9 Å². The zero-order chi connectivity index (χ0) is 14.8. The van der Waals surface area contributed by atoms with Crippen LogP contribution in [0.2, 0.25) is 0 Å². The maximum Gasteiger partial charge on any atom is 0.244 e. The fourth-order valence-electron chi connectivity index (χ4n) is 2.98. The molecule has 0 aliphatic heterocycles. The zero-order valence-electron chi connectivity index (χ0n) is 12.1. The molecule has 2 rings (SSSR count). The lowest BCUT2D eigenvalue weighted by atomic mass is 9.83. The summed E-state index contributed by atoms with van der Waals surface area (Å²) < 4.78 is 33.0. The average molecular weight is 301 g/mol. The van der Waals surface area contributed by atoms with E-state index in [2.05, 4.69) is 11.6 Å². The summed E-state index contributed by atoms with van der Waals surface area (Å²) in [5.41, 5.74) is 0. The summed E-state index contributed by atoms with van der Waals surface area (Å²) in [5, 5.41) is 9.03. The van der Waals surface area contributed by atoms with Crippen LogP contribution in [0.5, 0.6) is 0 Å². The summed E-state index contributed by atoms with van der Waals surface area (Å²) in [6, 6.07) is 1.41. The van der Waals surface area contributed by atoms with Crippen molar-refractivity contribution in [3.8, 4) is 0 Å². The monoisotopic (exact) mass is 301 g/mol. The zero-order valence-corrected chi connectivity index (χ0v) is 12.9. The topological polar surface area (TPSA) is 79.5 Å². The standard InChI is InChI=1S/C14H23NO4S/c1-3-11-6-4-5-7-13(11)15-20(17,18)14-8-12(9-16)19-10(14)2/h8,11,13,15-16H,3-7,9H2,1-2H3. The Morgan fingerprint density at radius 3 is 2.70 bits per heavy atom. The minimum atomic E-state index is -3.58. The van der Waals surface area contributed by atoms with E-state index in [1.807, 2.05) is 0 Å². The summed E-state index contributed by atoms with van der Waals surface area (Å²) in [7, 11) is -3.58. The Balaban J connectivity index is 2.19. The highest BCUT2D eigenvalue weighted by Gasteiger charge is 2.30. The van der Waals surface area contributed by atoms with Crippen LogP contribution in [-0.2, 0) is 16.6 Å². The van der Waals surface area contributed by atoms with Gasteiger partial charge in [-0.2, -0.15) is 0 Å². The number of aryl methyl sites for hydroxylation is 1. The molecule has 2 atom stereocenters. The molecule has 2 N–H and O–H groups in total. The molecule has 5 nitrogen and oxygen atoms in total. The van der Waals surface area contributed by atoms with Gasteiger partial charge in [0.05, 0.1) is 0 Å². The van der Waals surface area contributed by atoms with Crippen LogP contribution in [0.4, 0.5) is 0 Å². The maximum atomic E-state index is 12.5. The molecule has 1 aliphatic carbocycles. The van der Waals surface area contributed by atoms with Crippen molar-refractivity contribution in [2.45, 2.75) is 63.5 Å². The average Bonchev–Trinajstić information content (AvgIpc) is 2.81. The van der Waals surface area contributed by atoms with Crippen molar-refractivity contribution in [1.82, 2.24) is 4.72 Å². The summed E-state index contributed by atoms with van der Waals surface area (Å²) in [6.07, 6.45) is 5.20. The minimum Gasteiger partial charge on any atom is -0.462 e. The number of rotatable bonds is 5. The normalized spacial score (nSPS) is 23.9. The molecule has 0 spiro atoms. The second-order valence-electron chi connectivity index (χ2n) is 5.47. The van der Waals surface area contributed by atoms with Gasteiger partial charge in [-0.1, -0.05) is 26.2 Å². The van der Waals surface area contributed by atoms with Crippen LogP contribution in [0.1, 0.15) is 50.5 Å². The van der Waals surface area contributed by atoms with Crippen molar-refractivity contribution in [2.24, 2.45) is 5.92 Å². The molecule has 1 aromatic rings. The molecule has 1 aliphatic rings. The molecule has 0 bridgehead atoms. The van der Waals surface area contributed by atoms with Crippen molar-refractivity contribution in [1.29, 1.82) is 0 Å². The third-order valence-electron chi connectivity index (χ3n) is 4.11. The molecule has 0 radical (unpaired) electrons. The van der Waals surface area contributed by atoms with Gasteiger partial charge in [0.15, 0.2) is 0 Å². The van der Waals surface area contributed by atoms with Gasteiger partial charge in [0, 0.05) is 12.1 Å². The highest BCUT2D eigenvalue weighted by molar-refractivity contribution is 7.89. The second-order valence-corrected chi connectivity index (χ2v) is 7.15. The fraction of sp³-hybridized carbons (Fsp3) is 0.714. The number of aliphatic hydroxyl groups excluding tert-OH is 1. The number of hydrogen-bond acceptors (Lipinski definition) is 4. The van der Waals surface area contributed by atoms with Crippen LogP contribution in [0.15, 0.2) is 15.4 Å². The second kappa shape index (κ2) is 6.28. The molecular formula is C14H23NO4S. The van der Waals surface area contributed by atoms with Gasteiger partial charge in [0.25, 0.3) is 0 Å².